The van der Waals surface area contributed by atoms with Crippen molar-refractivity contribution in [3.05, 3.63) is 23.3 Å². The molecule has 0 aliphatic carbocycles. The van der Waals surface area contributed by atoms with Crippen molar-refractivity contribution in [2.24, 2.45) is 0 Å². The molecule has 0 saturated heterocycles. The number of aromatic carboxylic acids is 1. The molecule has 7 heteroatoms. The zero-order valence-corrected chi connectivity index (χ0v) is 10.4. The lowest BCUT2D eigenvalue weighted by atomic mass is 10.3. The van der Waals surface area contributed by atoms with Crippen molar-refractivity contribution in [3.8, 4) is 5.13 Å². The van der Waals surface area contributed by atoms with Gasteiger partial charge >= 0.3 is 5.97 Å². The van der Waals surface area contributed by atoms with Crippen LogP contribution in [0.3, 0.4) is 0 Å². The Balaban J connectivity index is 2.32. The molecule has 0 aliphatic rings. The van der Waals surface area contributed by atoms with Crippen LogP contribution in [-0.2, 0) is 6.42 Å². The van der Waals surface area contributed by atoms with Crippen molar-refractivity contribution < 1.29 is 9.90 Å². The fraction of sp³-hybridized carbons (Fsp3) is 0.400. The molecule has 90 valence electrons. The average Bonchev–Trinajstić information content (AvgIpc) is 2.85. The third-order valence-electron chi connectivity index (χ3n) is 2.26. The van der Waals surface area contributed by atoms with Gasteiger partial charge in [0.05, 0.1) is 5.69 Å². The highest BCUT2D eigenvalue weighted by molar-refractivity contribution is 7.08. The van der Waals surface area contributed by atoms with Crippen LogP contribution in [0.15, 0.2) is 6.20 Å². The van der Waals surface area contributed by atoms with Gasteiger partial charge in [0, 0.05) is 24.2 Å². The summed E-state index contributed by atoms with van der Waals surface area (Å²) in [5.41, 5.74) is 0.669. The Morgan fingerprint density at radius 2 is 2.35 bits per heavy atom. The highest BCUT2D eigenvalue weighted by atomic mass is 32.1. The molecule has 6 nitrogen and oxygen atoms in total. The quantitative estimate of drug-likeness (QED) is 0.895. The Bertz CT molecular complexity index is 546. The summed E-state index contributed by atoms with van der Waals surface area (Å²) in [6.45, 7) is 3.72. The third kappa shape index (κ3) is 2.33. The second-order valence-corrected chi connectivity index (χ2v) is 4.35. The first-order valence-corrected chi connectivity index (χ1v) is 6.01. The number of aryl methyl sites for hydroxylation is 2. The number of rotatable bonds is 4. The minimum atomic E-state index is -0.980. The van der Waals surface area contributed by atoms with E-state index >= 15 is 0 Å². The van der Waals surface area contributed by atoms with Gasteiger partial charge in [-0.05, 0) is 13.3 Å². The zero-order chi connectivity index (χ0) is 12.4. The Morgan fingerprint density at radius 3 is 2.94 bits per heavy atom. The number of carbonyl (C=O) groups is 1. The molecule has 0 bridgehead atoms. The van der Waals surface area contributed by atoms with Gasteiger partial charge in [0.25, 0.3) is 0 Å². The van der Waals surface area contributed by atoms with E-state index in [1.54, 1.807) is 6.92 Å². The molecule has 2 heterocycles. The molecule has 17 heavy (non-hydrogen) atoms. The summed E-state index contributed by atoms with van der Waals surface area (Å²) in [5.74, 6) is -0.204. The van der Waals surface area contributed by atoms with Crippen LogP contribution in [-0.4, -0.2) is 30.2 Å². The molecule has 0 amide bonds. The summed E-state index contributed by atoms with van der Waals surface area (Å²) in [5, 5.41) is 13.6. The number of nitrogens with zero attached hydrogens (tertiary/aromatic N) is 4. The van der Waals surface area contributed by atoms with Gasteiger partial charge in [-0.25, -0.2) is 14.5 Å². The highest BCUT2D eigenvalue weighted by Gasteiger charge is 2.14. The molecular weight excluding hydrogens is 240 g/mol. The van der Waals surface area contributed by atoms with Crippen molar-refractivity contribution in [2.45, 2.75) is 26.7 Å². The topological polar surface area (TPSA) is 80.9 Å². The standard InChI is InChI=1S/C10H12N4O2S/c1-3-4-8-11-10(17-13-8)14-5-7(9(15)16)6(2)12-14/h5H,3-4H2,1-2H3,(H,15,16). The molecule has 1 N–H and O–H groups in total. The maximum Gasteiger partial charge on any atom is 0.339 e. The van der Waals surface area contributed by atoms with E-state index in [1.807, 2.05) is 0 Å². The van der Waals surface area contributed by atoms with Crippen LogP contribution in [0.4, 0.5) is 0 Å². The van der Waals surface area contributed by atoms with Crippen LogP contribution < -0.4 is 0 Å². The summed E-state index contributed by atoms with van der Waals surface area (Å²) in [6.07, 6.45) is 3.27. The number of aromatic nitrogens is 4. The van der Waals surface area contributed by atoms with Crippen LogP contribution in [0, 0.1) is 6.92 Å². The van der Waals surface area contributed by atoms with Gasteiger partial charge in [0.15, 0.2) is 0 Å². The lowest BCUT2D eigenvalue weighted by Gasteiger charge is -1.91. The maximum atomic E-state index is 10.9. The molecule has 0 aliphatic heterocycles. The first-order valence-electron chi connectivity index (χ1n) is 5.24. The van der Waals surface area contributed by atoms with E-state index in [0.717, 1.165) is 18.7 Å². The monoisotopic (exact) mass is 252 g/mol. The molecule has 0 unspecified atom stereocenters. The van der Waals surface area contributed by atoms with Gasteiger partial charge in [0.1, 0.15) is 11.4 Å². The second-order valence-electron chi connectivity index (χ2n) is 3.62. The van der Waals surface area contributed by atoms with E-state index in [-0.39, 0.29) is 5.56 Å². The van der Waals surface area contributed by atoms with Crippen molar-refractivity contribution in [3.63, 3.8) is 0 Å². The lowest BCUT2D eigenvalue weighted by Crippen LogP contribution is -1.96. The van der Waals surface area contributed by atoms with E-state index in [2.05, 4.69) is 21.4 Å². The Kier molecular flexibility index (Phi) is 3.19. The molecule has 2 aromatic heterocycles. The smallest absolute Gasteiger partial charge is 0.339 e. The molecule has 0 fully saturated rings. The van der Waals surface area contributed by atoms with Gasteiger partial charge in [-0.3, -0.25) is 0 Å². The minimum Gasteiger partial charge on any atom is -0.478 e. The van der Waals surface area contributed by atoms with Gasteiger partial charge in [-0.2, -0.15) is 9.47 Å². The Hall–Kier alpha value is -1.76. The van der Waals surface area contributed by atoms with E-state index in [1.165, 1.54) is 22.4 Å². The van der Waals surface area contributed by atoms with Gasteiger partial charge in [0.2, 0.25) is 5.13 Å². The molecule has 0 atom stereocenters. The van der Waals surface area contributed by atoms with Crippen molar-refractivity contribution in [1.29, 1.82) is 0 Å². The van der Waals surface area contributed by atoms with E-state index in [4.69, 9.17) is 5.11 Å². The fourth-order valence-electron chi connectivity index (χ4n) is 1.43. The van der Waals surface area contributed by atoms with Crippen LogP contribution in [0.25, 0.3) is 5.13 Å². The first-order chi connectivity index (χ1) is 8.11. The molecule has 0 spiro atoms. The molecule has 0 aromatic carbocycles. The Labute approximate surface area is 102 Å². The summed E-state index contributed by atoms with van der Waals surface area (Å²) in [7, 11) is 0. The Morgan fingerprint density at radius 1 is 1.59 bits per heavy atom. The SMILES string of the molecule is CCCc1nsc(-n2cc(C(=O)O)c(C)n2)n1. The predicted molar refractivity (Wildman–Crippen MR) is 62.7 cm³/mol. The molecular formula is C10H12N4O2S. The zero-order valence-electron chi connectivity index (χ0n) is 9.54. The van der Waals surface area contributed by atoms with E-state index in [0.29, 0.717) is 10.8 Å². The third-order valence-corrected chi connectivity index (χ3v) is 3.00. The number of carboxylic acids is 1. The minimum absolute atomic E-state index is 0.192. The van der Waals surface area contributed by atoms with E-state index < -0.39 is 5.97 Å². The normalized spacial score (nSPS) is 10.7. The predicted octanol–water partition coefficient (Wildman–Crippen LogP) is 1.68. The van der Waals surface area contributed by atoms with Crippen molar-refractivity contribution in [1.82, 2.24) is 19.1 Å². The largest absolute Gasteiger partial charge is 0.478 e. The summed E-state index contributed by atoms with van der Waals surface area (Å²) >= 11 is 1.22. The molecule has 0 saturated carbocycles. The van der Waals surface area contributed by atoms with Gasteiger partial charge in [-0.1, -0.05) is 6.92 Å². The van der Waals surface area contributed by atoms with Gasteiger partial charge < -0.3 is 5.11 Å². The summed E-state index contributed by atoms with van der Waals surface area (Å²) in [6, 6.07) is 0. The summed E-state index contributed by atoms with van der Waals surface area (Å²) in [4.78, 5) is 15.2. The van der Waals surface area contributed by atoms with Gasteiger partial charge in [-0.15, -0.1) is 0 Å². The van der Waals surface area contributed by atoms with Crippen LogP contribution in [0.1, 0.15) is 35.2 Å². The molecule has 2 rings (SSSR count). The van der Waals surface area contributed by atoms with Crippen LogP contribution in [0.2, 0.25) is 0 Å². The first kappa shape index (κ1) is 11.7. The van der Waals surface area contributed by atoms with Crippen LogP contribution in [0.5, 0.6) is 0 Å². The lowest BCUT2D eigenvalue weighted by molar-refractivity contribution is 0.0696. The molecule has 2 aromatic rings. The number of carboxylic acid groups (broad SMARTS) is 1. The second kappa shape index (κ2) is 4.62. The fourth-order valence-corrected chi connectivity index (χ4v) is 2.07. The maximum absolute atomic E-state index is 10.9. The summed E-state index contributed by atoms with van der Waals surface area (Å²) < 4.78 is 5.66. The average molecular weight is 252 g/mol. The van der Waals surface area contributed by atoms with Crippen molar-refractivity contribution in [2.75, 3.05) is 0 Å². The number of hydrogen-bond donors (Lipinski definition) is 1. The van der Waals surface area contributed by atoms with Crippen molar-refractivity contribution >= 4 is 17.5 Å². The van der Waals surface area contributed by atoms with E-state index in [9.17, 15) is 4.79 Å². The highest BCUT2D eigenvalue weighted by Crippen LogP contribution is 2.14. The molecule has 0 radical (unpaired) electrons. The number of hydrogen-bond acceptors (Lipinski definition) is 5. The van der Waals surface area contributed by atoms with Crippen LogP contribution >= 0.6 is 11.5 Å².